The first kappa shape index (κ1) is 11.1. The van der Waals surface area contributed by atoms with Gasteiger partial charge in [-0.1, -0.05) is 19.3 Å². The highest BCUT2D eigenvalue weighted by atomic mass is 15.4. The largest absolute Gasteiger partial charge is 0.352 e. The molecule has 1 saturated carbocycles. The second-order valence-electron chi connectivity index (χ2n) is 5.54. The van der Waals surface area contributed by atoms with Gasteiger partial charge in [0.05, 0.1) is 0 Å². The third kappa shape index (κ3) is 2.18. The zero-order valence-corrected chi connectivity index (χ0v) is 10.7. The van der Waals surface area contributed by atoms with Gasteiger partial charge in [-0.2, -0.15) is 5.10 Å². The molecule has 0 amide bonds. The van der Waals surface area contributed by atoms with E-state index in [0.717, 1.165) is 25.5 Å². The van der Waals surface area contributed by atoms with Gasteiger partial charge in [-0.15, -0.1) is 0 Å². The molecule has 0 radical (unpaired) electrons. The Labute approximate surface area is 103 Å². The summed E-state index contributed by atoms with van der Waals surface area (Å²) in [6.07, 6.45) is 8.86. The molecule has 2 aliphatic rings. The standard InChI is InChI=1S/C13H22N4/c1-16-9-5-12(15-16)17-10-8-14-13(11-17)6-3-2-4-7-13/h5,9,14H,2-4,6-8,10-11H2,1H3. The minimum absolute atomic E-state index is 0.369. The van der Waals surface area contributed by atoms with Crippen molar-refractivity contribution >= 4 is 5.82 Å². The molecule has 0 atom stereocenters. The summed E-state index contributed by atoms with van der Waals surface area (Å²) < 4.78 is 1.89. The van der Waals surface area contributed by atoms with Crippen LogP contribution in [0.25, 0.3) is 0 Å². The summed E-state index contributed by atoms with van der Waals surface area (Å²) >= 11 is 0. The first-order valence-electron chi connectivity index (χ1n) is 6.77. The highest BCUT2D eigenvalue weighted by Gasteiger charge is 2.36. The van der Waals surface area contributed by atoms with Crippen LogP contribution in [0.2, 0.25) is 0 Å². The molecule has 1 aromatic heterocycles. The summed E-state index contributed by atoms with van der Waals surface area (Å²) in [7, 11) is 1.99. The zero-order chi connectivity index (χ0) is 11.7. The molecule has 0 bridgehead atoms. The van der Waals surface area contributed by atoms with Crippen LogP contribution in [-0.2, 0) is 7.05 Å². The molecule has 1 N–H and O–H groups in total. The van der Waals surface area contributed by atoms with E-state index >= 15 is 0 Å². The van der Waals surface area contributed by atoms with Gasteiger partial charge in [0.15, 0.2) is 5.82 Å². The van der Waals surface area contributed by atoms with E-state index in [-0.39, 0.29) is 0 Å². The normalized spacial score (nSPS) is 24.2. The number of rotatable bonds is 1. The lowest BCUT2D eigenvalue weighted by Crippen LogP contribution is -2.61. The SMILES string of the molecule is Cn1ccc(N2CCNC3(CCCCC3)C2)n1. The van der Waals surface area contributed by atoms with Gasteiger partial charge in [-0.05, 0) is 12.8 Å². The van der Waals surface area contributed by atoms with Gasteiger partial charge in [0, 0.05) is 44.5 Å². The maximum atomic E-state index is 4.53. The van der Waals surface area contributed by atoms with Crippen molar-refractivity contribution in [3.63, 3.8) is 0 Å². The number of anilines is 1. The number of aromatic nitrogens is 2. The van der Waals surface area contributed by atoms with E-state index in [1.807, 2.05) is 17.9 Å². The smallest absolute Gasteiger partial charge is 0.150 e. The van der Waals surface area contributed by atoms with Gasteiger partial charge in [0.1, 0.15) is 0 Å². The van der Waals surface area contributed by atoms with Crippen molar-refractivity contribution in [3.05, 3.63) is 12.3 Å². The van der Waals surface area contributed by atoms with E-state index in [0.29, 0.717) is 5.54 Å². The molecule has 0 aromatic carbocycles. The number of piperazine rings is 1. The van der Waals surface area contributed by atoms with Gasteiger partial charge in [-0.25, -0.2) is 0 Å². The molecule has 2 heterocycles. The van der Waals surface area contributed by atoms with E-state index in [1.54, 1.807) is 0 Å². The number of nitrogens with zero attached hydrogens (tertiary/aromatic N) is 3. The minimum Gasteiger partial charge on any atom is -0.352 e. The summed E-state index contributed by atoms with van der Waals surface area (Å²) in [6, 6.07) is 2.13. The third-order valence-electron chi connectivity index (χ3n) is 4.21. The number of hydrogen-bond acceptors (Lipinski definition) is 3. The summed E-state index contributed by atoms with van der Waals surface area (Å²) in [4.78, 5) is 2.45. The highest BCUT2D eigenvalue weighted by Crippen LogP contribution is 2.31. The summed E-state index contributed by atoms with van der Waals surface area (Å²) in [5.41, 5.74) is 0.369. The fourth-order valence-corrected chi connectivity index (χ4v) is 3.29. The Hall–Kier alpha value is -1.03. The fourth-order valence-electron chi connectivity index (χ4n) is 3.29. The molecule has 94 valence electrons. The van der Waals surface area contributed by atoms with Crippen LogP contribution in [0.4, 0.5) is 5.82 Å². The van der Waals surface area contributed by atoms with Crippen LogP contribution in [0.3, 0.4) is 0 Å². The topological polar surface area (TPSA) is 33.1 Å². The molecule has 1 spiro atoms. The van der Waals surface area contributed by atoms with Crippen LogP contribution in [0.15, 0.2) is 12.3 Å². The summed E-state index contributed by atoms with van der Waals surface area (Å²) in [6.45, 7) is 3.30. The predicted octanol–water partition coefficient (Wildman–Crippen LogP) is 1.53. The molecule has 17 heavy (non-hydrogen) atoms. The second kappa shape index (κ2) is 4.33. The molecular formula is C13H22N4. The van der Waals surface area contributed by atoms with Gasteiger partial charge in [0.25, 0.3) is 0 Å². The average molecular weight is 234 g/mol. The molecule has 2 fully saturated rings. The molecule has 1 aliphatic heterocycles. The van der Waals surface area contributed by atoms with Crippen LogP contribution >= 0.6 is 0 Å². The van der Waals surface area contributed by atoms with Crippen LogP contribution < -0.4 is 10.2 Å². The lowest BCUT2D eigenvalue weighted by Gasteiger charge is -2.46. The lowest BCUT2D eigenvalue weighted by molar-refractivity contribution is 0.215. The van der Waals surface area contributed by atoms with Crippen molar-refractivity contribution in [2.24, 2.45) is 7.05 Å². The molecule has 1 aliphatic carbocycles. The van der Waals surface area contributed by atoms with E-state index in [9.17, 15) is 0 Å². The molecule has 4 heteroatoms. The number of nitrogens with one attached hydrogen (secondary N) is 1. The van der Waals surface area contributed by atoms with Crippen molar-refractivity contribution in [2.75, 3.05) is 24.5 Å². The monoisotopic (exact) mass is 234 g/mol. The Morgan fingerprint density at radius 3 is 2.82 bits per heavy atom. The molecule has 4 nitrogen and oxygen atoms in total. The number of aryl methyl sites for hydroxylation is 1. The van der Waals surface area contributed by atoms with Crippen LogP contribution in [0, 0.1) is 0 Å². The molecule has 3 rings (SSSR count). The lowest BCUT2D eigenvalue weighted by atomic mass is 9.80. The molecular weight excluding hydrogens is 212 g/mol. The van der Waals surface area contributed by atoms with Gasteiger partial charge < -0.3 is 10.2 Å². The van der Waals surface area contributed by atoms with Crippen molar-refractivity contribution in [2.45, 2.75) is 37.6 Å². The highest BCUT2D eigenvalue weighted by molar-refractivity contribution is 5.38. The van der Waals surface area contributed by atoms with Crippen LogP contribution in [0.5, 0.6) is 0 Å². The first-order valence-corrected chi connectivity index (χ1v) is 6.77. The Kier molecular flexibility index (Phi) is 2.82. The first-order chi connectivity index (χ1) is 8.27. The summed E-state index contributed by atoms with van der Waals surface area (Å²) in [5.74, 6) is 1.14. The Morgan fingerprint density at radius 1 is 1.29 bits per heavy atom. The number of hydrogen-bond donors (Lipinski definition) is 1. The molecule has 1 aromatic rings. The Morgan fingerprint density at radius 2 is 2.12 bits per heavy atom. The maximum Gasteiger partial charge on any atom is 0.150 e. The van der Waals surface area contributed by atoms with Crippen molar-refractivity contribution < 1.29 is 0 Å². The molecule has 0 unspecified atom stereocenters. The average Bonchev–Trinajstić information content (AvgIpc) is 2.77. The second-order valence-corrected chi connectivity index (χ2v) is 5.54. The fraction of sp³-hybridized carbons (Fsp3) is 0.769. The summed E-state index contributed by atoms with van der Waals surface area (Å²) in [5, 5.41) is 8.29. The quantitative estimate of drug-likeness (QED) is 0.800. The Balaban J connectivity index is 1.74. The van der Waals surface area contributed by atoms with Gasteiger partial charge in [-0.3, -0.25) is 4.68 Å². The van der Waals surface area contributed by atoms with Crippen molar-refractivity contribution in [3.8, 4) is 0 Å². The van der Waals surface area contributed by atoms with Crippen molar-refractivity contribution in [1.82, 2.24) is 15.1 Å². The van der Waals surface area contributed by atoms with Crippen LogP contribution in [0.1, 0.15) is 32.1 Å². The van der Waals surface area contributed by atoms with Gasteiger partial charge >= 0.3 is 0 Å². The van der Waals surface area contributed by atoms with E-state index in [1.165, 1.54) is 32.1 Å². The van der Waals surface area contributed by atoms with Crippen LogP contribution in [-0.4, -0.2) is 35.0 Å². The van der Waals surface area contributed by atoms with Gasteiger partial charge in [0.2, 0.25) is 0 Å². The Bertz CT molecular complexity index is 373. The maximum absolute atomic E-state index is 4.53. The molecule has 1 saturated heterocycles. The van der Waals surface area contributed by atoms with E-state index in [2.05, 4.69) is 21.4 Å². The van der Waals surface area contributed by atoms with E-state index < -0.39 is 0 Å². The van der Waals surface area contributed by atoms with E-state index in [4.69, 9.17) is 0 Å². The predicted molar refractivity (Wildman–Crippen MR) is 69.2 cm³/mol. The zero-order valence-electron chi connectivity index (χ0n) is 10.7. The minimum atomic E-state index is 0.369. The van der Waals surface area contributed by atoms with Crippen molar-refractivity contribution in [1.29, 1.82) is 0 Å². The third-order valence-corrected chi connectivity index (χ3v) is 4.21.